The topological polar surface area (TPSA) is 92.7 Å². The number of amides is 1. The van der Waals surface area contributed by atoms with Crippen LogP contribution < -0.4 is 4.72 Å². The van der Waals surface area contributed by atoms with Gasteiger partial charge in [-0.15, -0.1) is 0 Å². The lowest BCUT2D eigenvalue weighted by Gasteiger charge is -2.20. The van der Waals surface area contributed by atoms with Gasteiger partial charge in [0.25, 0.3) is 0 Å². The summed E-state index contributed by atoms with van der Waals surface area (Å²) in [7, 11) is 0. The van der Waals surface area contributed by atoms with E-state index in [4.69, 9.17) is 9.84 Å². The van der Waals surface area contributed by atoms with Gasteiger partial charge in [-0.25, -0.2) is 0 Å². The van der Waals surface area contributed by atoms with Crippen molar-refractivity contribution < 1.29 is 24.2 Å². The van der Waals surface area contributed by atoms with Crippen LogP contribution in [0.5, 0.6) is 0 Å². The molecule has 31 heavy (non-hydrogen) atoms. The van der Waals surface area contributed by atoms with Crippen molar-refractivity contribution >= 4 is 29.8 Å². The van der Waals surface area contributed by atoms with Gasteiger partial charge >= 0.3 is 11.9 Å². The summed E-state index contributed by atoms with van der Waals surface area (Å²) in [4.78, 5) is 34.7. The van der Waals surface area contributed by atoms with Crippen LogP contribution in [-0.4, -0.2) is 34.8 Å². The van der Waals surface area contributed by atoms with Crippen LogP contribution in [0.25, 0.3) is 11.1 Å². The highest BCUT2D eigenvalue weighted by molar-refractivity contribution is 7.98. The largest absolute Gasteiger partial charge is 0.481 e. The summed E-state index contributed by atoms with van der Waals surface area (Å²) in [5.74, 6) is -1.91. The van der Waals surface area contributed by atoms with Gasteiger partial charge in [-0.1, -0.05) is 61.5 Å². The minimum absolute atomic E-state index is 0.0595. The molecule has 2 N–H and O–H groups in total. The molecule has 2 aromatic rings. The number of benzene rings is 2. The van der Waals surface area contributed by atoms with Crippen LogP contribution in [0, 0.1) is 5.92 Å². The van der Waals surface area contributed by atoms with Crippen LogP contribution in [-0.2, 0) is 25.5 Å². The monoisotopic (exact) mass is 443 g/mol. The van der Waals surface area contributed by atoms with E-state index < -0.39 is 5.97 Å². The second kappa shape index (κ2) is 12.8. The second-order valence-corrected chi connectivity index (χ2v) is 8.42. The SMILES string of the molecule is CCOC(=O)[C@H](C)C[C@@H](Cc1ccc(-c2ccccc2)cc1)SNC(=O)CCC(=O)O. The zero-order chi connectivity index (χ0) is 22.6. The van der Waals surface area contributed by atoms with Gasteiger partial charge in [0.1, 0.15) is 0 Å². The zero-order valence-electron chi connectivity index (χ0n) is 17.9. The van der Waals surface area contributed by atoms with Crippen molar-refractivity contribution in [2.24, 2.45) is 5.92 Å². The fraction of sp³-hybridized carbons (Fsp3) is 0.375. The van der Waals surface area contributed by atoms with E-state index in [-0.39, 0.29) is 35.9 Å². The molecule has 0 fully saturated rings. The fourth-order valence-electron chi connectivity index (χ4n) is 3.10. The zero-order valence-corrected chi connectivity index (χ0v) is 18.7. The summed E-state index contributed by atoms with van der Waals surface area (Å²) >= 11 is 1.24. The van der Waals surface area contributed by atoms with Gasteiger partial charge in [0.2, 0.25) is 5.91 Å². The van der Waals surface area contributed by atoms with Crippen molar-refractivity contribution in [2.45, 2.75) is 44.8 Å². The number of carboxylic acid groups (broad SMARTS) is 1. The number of hydrogen-bond donors (Lipinski definition) is 2. The van der Waals surface area contributed by atoms with E-state index in [1.54, 1.807) is 6.92 Å². The quantitative estimate of drug-likeness (QED) is 0.371. The Morgan fingerprint density at radius 3 is 2.26 bits per heavy atom. The standard InChI is InChI=1S/C24H29NO5S/c1-3-30-24(29)17(2)15-21(31-25-22(26)13-14-23(27)28)16-18-9-11-20(12-10-18)19-7-5-4-6-8-19/h4-12,17,21H,3,13-16H2,1-2H3,(H,25,26)(H,27,28)/t17-,21+/m1/s1. The van der Waals surface area contributed by atoms with E-state index in [0.717, 1.165) is 16.7 Å². The van der Waals surface area contributed by atoms with Crippen LogP contribution in [0.15, 0.2) is 54.6 Å². The lowest BCUT2D eigenvalue weighted by atomic mass is 9.98. The Morgan fingerprint density at radius 1 is 1.00 bits per heavy atom. The molecule has 6 nitrogen and oxygen atoms in total. The number of esters is 1. The predicted octanol–water partition coefficient (Wildman–Crippen LogP) is 4.48. The Bertz CT molecular complexity index is 854. The first kappa shape index (κ1) is 24.5. The average molecular weight is 444 g/mol. The number of carbonyl (C=O) groups is 3. The van der Waals surface area contributed by atoms with E-state index in [1.165, 1.54) is 11.9 Å². The summed E-state index contributed by atoms with van der Waals surface area (Å²) in [5.41, 5.74) is 3.35. The fourth-order valence-corrected chi connectivity index (χ4v) is 4.16. The molecule has 0 saturated carbocycles. The molecule has 0 spiro atoms. The summed E-state index contributed by atoms with van der Waals surface area (Å²) in [5, 5.41) is 8.67. The molecule has 0 saturated heterocycles. The molecular formula is C24H29NO5S. The highest BCUT2D eigenvalue weighted by Crippen LogP contribution is 2.25. The van der Waals surface area contributed by atoms with Crippen molar-refractivity contribution in [3.8, 4) is 11.1 Å². The van der Waals surface area contributed by atoms with Crippen LogP contribution in [0.3, 0.4) is 0 Å². The normalized spacial score (nSPS) is 12.6. The van der Waals surface area contributed by atoms with E-state index >= 15 is 0 Å². The van der Waals surface area contributed by atoms with E-state index in [1.807, 2.05) is 25.1 Å². The third kappa shape index (κ3) is 8.84. The number of aliphatic carboxylic acids is 1. The van der Waals surface area contributed by atoms with E-state index in [9.17, 15) is 14.4 Å². The van der Waals surface area contributed by atoms with Crippen molar-refractivity contribution in [2.75, 3.05) is 6.61 Å². The molecule has 0 heterocycles. The highest BCUT2D eigenvalue weighted by atomic mass is 32.2. The first-order valence-corrected chi connectivity index (χ1v) is 11.2. The van der Waals surface area contributed by atoms with E-state index in [0.29, 0.717) is 19.4 Å². The van der Waals surface area contributed by atoms with Gasteiger partial charge in [0, 0.05) is 11.7 Å². The van der Waals surface area contributed by atoms with Gasteiger partial charge in [0.05, 0.1) is 18.9 Å². The Morgan fingerprint density at radius 2 is 1.65 bits per heavy atom. The summed E-state index contributed by atoms with van der Waals surface area (Å²) < 4.78 is 7.84. The maximum absolute atomic E-state index is 12.1. The molecule has 0 bridgehead atoms. The second-order valence-electron chi connectivity index (χ2n) is 7.31. The third-order valence-electron chi connectivity index (χ3n) is 4.74. The number of carboxylic acids is 1. The maximum Gasteiger partial charge on any atom is 0.308 e. The molecule has 0 aliphatic heterocycles. The molecule has 2 atom stereocenters. The van der Waals surface area contributed by atoms with Crippen molar-refractivity contribution in [1.82, 2.24) is 4.72 Å². The lowest BCUT2D eigenvalue weighted by Crippen LogP contribution is -2.25. The minimum Gasteiger partial charge on any atom is -0.481 e. The first-order chi connectivity index (χ1) is 14.9. The molecule has 0 aliphatic rings. The molecule has 2 aromatic carbocycles. The predicted molar refractivity (Wildman–Crippen MR) is 122 cm³/mol. The highest BCUT2D eigenvalue weighted by Gasteiger charge is 2.22. The third-order valence-corrected chi connectivity index (χ3v) is 5.77. The number of hydrogen-bond acceptors (Lipinski definition) is 5. The molecule has 1 amide bonds. The van der Waals surface area contributed by atoms with Crippen LogP contribution in [0.4, 0.5) is 0 Å². The lowest BCUT2D eigenvalue weighted by molar-refractivity contribution is -0.147. The number of rotatable bonds is 12. The Balaban J connectivity index is 2.03. The Kier molecular flexibility index (Phi) is 10.1. The summed E-state index contributed by atoms with van der Waals surface area (Å²) in [6.07, 6.45) is 0.900. The van der Waals surface area contributed by atoms with Crippen molar-refractivity contribution in [1.29, 1.82) is 0 Å². The Labute approximate surface area is 187 Å². The molecule has 0 unspecified atom stereocenters. The summed E-state index contributed by atoms with van der Waals surface area (Å²) in [6, 6.07) is 18.3. The van der Waals surface area contributed by atoms with E-state index in [2.05, 4.69) is 41.1 Å². The molecule has 2 rings (SSSR count). The van der Waals surface area contributed by atoms with Gasteiger partial charge in [-0.05, 0) is 48.4 Å². The molecule has 0 radical (unpaired) electrons. The maximum atomic E-state index is 12.1. The molecule has 0 aliphatic carbocycles. The number of ether oxygens (including phenoxy) is 1. The molecular weight excluding hydrogens is 414 g/mol. The van der Waals surface area contributed by atoms with Crippen LogP contribution in [0.1, 0.15) is 38.7 Å². The minimum atomic E-state index is -1.01. The molecule has 7 heteroatoms. The van der Waals surface area contributed by atoms with Crippen LogP contribution in [0.2, 0.25) is 0 Å². The molecule has 166 valence electrons. The van der Waals surface area contributed by atoms with Gasteiger partial charge in [0.15, 0.2) is 0 Å². The van der Waals surface area contributed by atoms with Crippen LogP contribution >= 0.6 is 11.9 Å². The first-order valence-electron chi connectivity index (χ1n) is 10.4. The average Bonchev–Trinajstić information content (AvgIpc) is 2.77. The Hall–Kier alpha value is -2.80. The molecule has 0 aromatic heterocycles. The van der Waals surface area contributed by atoms with Gasteiger partial charge in [-0.2, -0.15) is 0 Å². The summed E-state index contributed by atoms with van der Waals surface area (Å²) in [6.45, 7) is 3.91. The van der Waals surface area contributed by atoms with Crippen molar-refractivity contribution in [3.63, 3.8) is 0 Å². The number of carbonyl (C=O) groups excluding carboxylic acids is 2. The van der Waals surface area contributed by atoms with Gasteiger partial charge < -0.3 is 9.84 Å². The van der Waals surface area contributed by atoms with Crippen molar-refractivity contribution in [3.05, 3.63) is 60.2 Å². The smallest absolute Gasteiger partial charge is 0.308 e. The number of nitrogens with one attached hydrogen (secondary N) is 1. The van der Waals surface area contributed by atoms with Gasteiger partial charge in [-0.3, -0.25) is 19.1 Å².